The molecule has 130 valence electrons. The number of benzene rings is 1. The van der Waals surface area contributed by atoms with Crippen molar-refractivity contribution in [3.8, 4) is 0 Å². The van der Waals surface area contributed by atoms with Crippen molar-refractivity contribution in [3.63, 3.8) is 0 Å². The van der Waals surface area contributed by atoms with E-state index in [0.717, 1.165) is 29.7 Å². The van der Waals surface area contributed by atoms with Gasteiger partial charge in [-0.15, -0.1) is 0 Å². The van der Waals surface area contributed by atoms with Crippen LogP contribution in [0.5, 0.6) is 0 Å². The zero-order chi connectivity index (χ0) is 18.0. The fourth-order valence-corrected chi connectivity index (χ4v) is 2.71. The fourth-order valence-electron chi connectivity index (χ4n) is 2.71. The molecule has 1 aliphatic rings. The van der Waals surface area contributed by atoms with Crippen LogP contribution in [0.25, 0.3) is 0 Å². The highest BCUT2D eigenvalue weighted by atomic mass is 16.2. The van der Waals surface area contributed by atoms with E-state index in [1.807, 2.05) is 25.1 Å². The molecule has 25 heavy (non-hydrogen) atoms. The monoisotopic (exact) mass is 337 g/mol. The highest BCUT2D eigenvalue weighted by Crippen LogP contribution is 2.28. The Labute approximate surface area is 147 Å². The molecule has 1 fully saturated rings. The van der Waals surface area contributed by atoms with Gasteiger partial charge in [0.1, 0.15) is 0 Å². The summed E-state index contributed by atoms with van der Waals surface area (Å²) in [5.41, 5.74) is 3.71. The number of carbonyl (C=O) groups excluding carboxylic acids is 2. The third-order valence-electron chi connectivity index (χ3n) is 4.34. The molecule has 1 heterocycles. The van der Waals surface area contributed by atoms with Gasteiger partial charge in [-0.1, -0.05) is 32.0 Å². The zero-order valence-electron chi connectivity index (χ0n) is 14.8. The number of hydrogen-bond donors (Lipinski definition) is 2. The lowest BCUT2D eigenvalue weighted by Gasteiger charge is -2.16. The average molecular weight is 337 g/mol. The molecule has 2 N–H and O–H groups in total. The predicted molar refractivity (Wildman–Crippen MR) is 97.9 cm³/mol. The second-order valence-electron chi connectivity index (χ2n) is 6.86. The lowest BCUT2D eigenvalue weighted by atomic mass is 9.98. The highest BCUT2D eigenvalue weighted by Gasteiger charge is 2.24. The summed E-state index contributed by atoms with van der Waals surface area (Å²) in [6.45, 7) is 6.16. The number of nitrogens with zero attached hydrogens (tertiary/aromatic N) is 1. The number of amides is 2. The van der Waals surface area contributed by atoms with Crippen LogP contribution in [-0.4, -0.2) is 22.8 Å². The van der Waals surface area contributed by atoms with Crippen molar-refractivity contribution in [2.45, 2.75) is 45.6 Å². The largest absolute Gasteiger partial charge is 0.349 e. The summed E-state index contributed by atoms with van der Waals surface area (Å²) < 4.78 is 0. The molecular formula is C20H23N3O2. The number of aromatic nitrogens is 1. The van der Waals surface area contributed by atoms with E-state index in [0.29, 0.717) is 17.0 Å². The maximum absolute atomic E-state index is 12.7. The molecule has 0 aliphatic heterocycles. The van der Waals surface area contributed by atoms with Crippen molar-refractivity contribution in [1.29, 1.82) is 0 Å². The molecule has 5 heteroatoms. The first-order valence-electron chi connectivity index (χ1n) is 8.62. The average Bonchev–Trinajstić information content (AvgIpc) is 3.40. The van der Waals surface area contributed by atoms with Crippen LogP contribution in [0.3, 0.4) is 0 Å². The number of hydrogen-bond acceptors (Lipinski definition) is 3. The zero-order valence-corrected chi connectivity index (χ0v) is 14.8. The minimum Gasteiger partial charge on any atom is -0.349 e. The Morgan fingerprint density at radius 3 is 2.44 bits per heavy atom. The number of para-hydroxylation sites is 1. The Morgan fingerprint density at radius 1 is 1.12 bits per heavy atom. The third-order valence-corrected chi connectivity index (χ3v) is 4.34. The minimum atomic E-state index is -0.259. The molecule has 0 unspecified atom stereocenters. The predicted octanol–water partition coefficient (Wildman–Crippen LogP) is 3.66. The Kier molecular flexibility index (Phi) is 4.83. The van der Waals surface area contributed by atoms with Gasteiger partial charge in [0.2, 0.25) is 0 Å². The lowest BCUT2D eigenvalue weighted by molar-refractivity contribution is 0.0950. The van der Waals surface area contributed by atoms with Gasteiger partial charge in [0.25, 0.3) is 11.8 Å². The molecule has 2 aromatic rings. The summed E-state index contributed by atoms with van der Waals surface area (Å²) in [5.74, 6) is -0.142. The van der Waals surface area contributed by atoms with Crippen LogP contribution < -0.4 is 10.6 Å². The second kappa shape index (κ2) is 7.05. The Hall–Kier alpha value is -2.69. The molecule has 1 aromatic heterocycles. The molecule has 0 radical (unpaired) electrons. The van der Waals surface area contributed by atoms with Gasteiger partial charge in [-0.2, -0.15) is 0 Å². The van der Waals surface area contributed by atoms with Crippen molar-refractivity contribution < 1.29 is 9.59 Å². The molecule has 1 aromatic carbocycles. The van der Waals surface area contributed by atoms with E-state index in [-0.39, 0.29) is 17.9 Å². The number of aryl methyl sites for hydroxylation is 1. The molecule has 5 nitrogen and oxygen atoms in total. The van der Waals surface area contributed by atoms with E-state index in [1.165, 1.54) is 12.4 Å². The van der Waals surface area contributed by atoms with Crippen LogP contribution in [0.15, 0.2) is 36.7 Å². The van der Waals surface area contributed by atoms with Crippen molar-refractivity contribution in [1.82, 2.24) is 10.3 Å². The van der Waals surface area contributed by atoms with Crippen LogP contribution >= 0.6 is 0 Å². The lowest BCUT2D eigenvalue weighted by Crippen LogP contribution is -2.26. The standard InChI is InChI=1S/C20H23N3O2/c1-12(2)17-6-4-5-13(3)18(17)23-20(25)15-9-14(10-21-11-15)19(24)22-16-7-8-16/h4-6,9-12,16H,7-8H2,1-3H3,(H,22,24)(H,23,25). The maximum atomic E-state index is 12.7. The SMILES string of the molecule is Cc1cccc(C(C)C)c1NC(=O)c1cncc(C(=O)NC2CC2)c1. The maximum Gasteiger partial charge on any atom is 0.257 e. The minimum absolute atomic E-state index is 0.177. The van der Waals surface area contributed by atoms with Crippen molar-refractivity contribution >= 4 is 17.5 Å². The second-order valence-corrected chi connectivity index (χ2v) is 6.86. The summed E-state index contributed by atoms with van der Waals surface area (Å²) in [6, 6.07) is 7.84. The van der Waals surface area contributed by atoms with Crippen LogP contribution in [0.4, 0.5) is 5.69 Å². The summed E-state index contributed by atoms with van der Waals surface area (Å²) >= 11 is 0. The number of pyridine rings is 1. The van der Waals surface area contributed by atoms with Crippen LogP contribution in [-0.2, 0) is 0 Å². The van der Waals surface area contributed by atoms with E-state index in [9.17, 15) is 9.59 Å². The van der Waals surface area contributed by atoms with E-state index in [4.69, 9.17) is 0 Å². The van der Waals surface area contributed by atoms with Crippen LogP contribution in [0.1, 0.15) is 64.4 Å². The molecule has 0 bridgehead atoms. The molecule has 0 atom stereocenters. The van der Waals surface area contributed by atoms with Gasteiger partial charge in [-0.3, -0.25) is 14.6 Å². The molecule has 1 aliphatic carbocycles. The summed E-state index contributed by atoms with van der Waals surface area (Å²) in [6.07, 6.45) is 5.01. The van der Waals surface area contributed by atoms with Gasteiger partial charge in [0, 0.05) is 24.1 Å². The third kappa shape index (κ3) is 4.05. The first-order chi connectivity index (χ1) is 12.0. The van der Waals surface area contributed by atoms with Gasteiger partial charge in [0.15, 0.2) is 0 Å². The van der Waals surface area contributed by atoms with Gasteiger partial charge < -0.3 is 10.6 Å². The van der Waals surface area contributed by atoms with Gasteiger partial charge >= 0.3 is 0 Å². The van der Waals surface area contributed by atoms with Crippen molar-refractivity contribution in [3.05, 3.63) is 58.9 Å². The first-order valence-corrected chi connectivity index (χ1v) is 8.62. The van der Waals surface area contributed by atoms with Crippen LogP contribution in [0, 0.1) is 6.92 Å². The quantitative estimate of drug-likeness (QED) is 0.875. The van der Waals surface area contributed by atoms with E-state index < -0.39 is 0 Å². The van der Waals surface area contributed by atoms with Crippen molar-refractivity contribution in [2.24, 2.45) is 0 Å². The first kappa shape index (κ1) is 17.1. The smallest absolute Gasteiger partial charge is 0.257 e. The molecule has 1 saturated carbocycles. The number of rotatable bonds is 5. The number of nitrogens with one attached hydrogen (secondary N) is 2. The van der Waals surface area contributed by atoms with E-state index in [2.05, 4.69) is 29.5 Å². The number of anilines is 1. The van der Waals surface area contributed by atoms with Crippen LogP contribution in [0.2, 0.25) is 0 Å². The molecule has 2 amide bonds. The van der Waals surface area contributed by atoms with E-state index in [1.54, 1.807) is 6.07 Å². The van der Waals surface area contributed by atoms with Crippen molar-refractivity contribution in [2.75, 3.05) is 5.32 Å². The summed E-state index contributed by atoms with van der Waals surface area (Å²) in [7, 11) is 0. The highest BCUT2D eigenvalue weighted by molar-refractivity contribution is 6.06. The fraction of sp³-hybridized carbons (Fsp3) is 0.350. The summed E-state index contributed by atoms with van der Waals surface area (Å²) in [5, 5.41) is 5.89. The van der Waals surface area contributed by atoms with Gasteiger partial charge in [-0.05, 0) is 42.9 Å². The Morgan fingerprint density at radius 2 is 1.80 bits per heavy atom. The molecular weight excluding hydrogens is 314 g/mol. The normalized spacial score (nSPS) is 13.6. The Bertz CT molecular complexity index is 810. The topological polar surface area (TPSA) is 71.1 Å². The number of carbonyl (C=O) groups is 2. The molecule has 0 saturated heterocycles. The summed E-state index contributed by atoms with van der Waals surface area (Å²) in [4.78, 5) is 28.9. The van der Waals surface area contributed by atoms with Gasteiger partial charge in [-0.25, -0.2) is 0 Å². The molecule has 0 spiro atoms. The molecule has 3 rings (SSSR count). The van der Waals surface area contributed by atoms with E-state index >= 15 is 0 Å². The van der Waals surface area contributed by atoms with Gasteiger partial charge in [0.05, 0.1) is 11.1 Å². The Balaban J connectivity index is 1.81.